The number of aryl methyl sites for hydroxylation is 1. The number of para-hydroxylation sites is 1. The first-order valence-electron chi connectivity index (χ1n) is 9.26. The smallest absolute Gasteiger partial charge is 0.229 e. The Hall–Kier alpha value is -3.40. The highest BCUT2D eigenvalue weighted by Crippen LogP contribution is 2.27. The van der Waals surface area contributed by atoms with E-state index in [4.69, 9.17) is 5.26 Å². The van der Waals surface area contributed by atoms with Crippen molar-refractivity contribution in [2.24, 2.45) is 5.92 Å². The summed E-state index contributed by atoms with van der Waals surface area (Å²) >= 11 is 0. The number of anilines is 2. The lowest BCUT2D eigenvalue weighted by molar-refractivity contribution is -0.120. The van der Waals surface area contributed by atoms with E-state index in [1.54, 1.807) is 12.1 Å². The summed E-state index contributed by atoms with van der Waals surface area (Å²) in [5, 5.41) is 11.7. The van der Waals surface area contributed by atoms with E-state index in [1.807, 2.05) is 36.1 Å². The summed E-state index contributed by atoms with van der Waals surface area (Å²) in [4.78, 5) is 22.1. The number of halogens is 1. The lowest BCUT2D eigenvalue weighted by atomic mass is 9.95. The number of nitrogens with zero attached hydrogens (tertiary/aromatic N) is 3. The summed E-state index contributed by atoms with van der Waals surface area (Å²) in [7, 11) is 0. The van der Waals surface area contributed by atoms with E-state index >= 15 is 0 Å². The quantitative estimate of drug-likeness (QED) is 0.728. The molecule has 2 heterocycles. The van der Waals surface area contributed by atoms with Crippen LogP contribution in [0.3, 0.4) is 0 Å². The topological polar surface area (TPSA) is 84.8 Å². The summed E-state index contributed by atoms with van der Waals surface area (Å²) in [5.41, 5.74) is 3.57. The van der Waals surface area contributed by atoms with Gasteiger partial charge in [0.25, 0.3) is 0 Å². The van der Waals surface area contributed by atoms with Crippen molar-refractivity contribution in [1.29, 1.82) is 5.26 Å². The highest BCUT2D eigenvalue weighted by Gasteiger charge is 2.27. The monoisotopic (exact) mass is 377 g/mol. The fraction of sp³-hybridized carbons (Fsp3) is 0.286. The molecule has 0 radical (unpaired) electrons. The number of piperidine rings is 1. The summed E-state index contributed by atoms with van der Waals surface area (Å²) in [6, 6.07) is 12.3. The third kappa shape index (κ3) is 3.41. The van der Waals surface area contributed by atoms with Crippen molar-refractivity contribution in [3.63, 3.8) is 0 Å². The van der Waals surface area contributed by atoms with Gasteiger partial charge in [0, 0.05) is 19.0 Å². The van der Waals surface area contributed by atoms with Gasteiger partial charge in [-0.25, -0.2) is 9.37 Å². The molecule has 3 aromatic rings. The van der Waals surface area contributed by atoms with Crippen molar-refractivity contribution in [1.82, 2.24) is 9.97 Å². The van der Waals surface area contributed by atoms with E-state index in [0.29, 0.717) is 43.1 Å². The Morgan fingerprint density at radius 3 is 2.79 bits per heavy atom. The maximum absolute atomic E-state index is 14.2. The Bertz CT molecular complexity index is 1080. The number of amides is 1. The maximum Gasteiger partial charge on any atom is 0.229 e. The van der Waals surface area contributed by atoms with E-state index in [1.165, 1.54) is 6.07 Å². The first-order chi connectivity index (χ1) is 13.5. The maximum atomic E-state index is 14.2. The number of fused-ring (bicyclic) bond motifs is 1. The second-order valence-electron chi connectivity index (χ2n) is 7.09. The predicted octanol–water partition coefficient (Wildman–Crippen LogP) is 3.74. The van der Waals surface area contributed by atoms with Crippen LogP contribution < -0.4 is 10.2 Å². The van der Waals surface area contributed by atoms with Crippen LogP contribution in [0.5, 0.6) is 0 Å². The molecule has 142 valence electrons. The minimum atomic E-state index is -0.403. The first-order valence-corrected chi connectivity index (χ1v) is 9.26. The molecule has 1 aliphatic rings. The van der Waals surface area contributed by atoms with E-state index in [-0.39, 0.29) is 11.8 Å². The van der Waals surface area contributed by atoms with Crippen molar-refractivity contribution in [3.05, 3.63) is 53.3 Å². The van der Waals surface area contributed by atoms with Crippen molar-refractivity contribution in [2.45, 2.75) is 19.8 Å². The lowest BCUT2D eigenvalue weighted by Crippen LogP contribution is -2.38. The SMILES string of the molecule is Cc1cccc2[nH]c(NC(=O)C3CCN(c4ccc(C#N)cc4F)CC3)nc12. The third-order valence-electron chi connectivity index (χ3n) is 5.24. The molecule has 28 heavy (non-hydrogen) atoms. The zero-order chi connectivity index (χ0) is 19.7. The van der Waals surface area contributed by atoms with E-state index in [2.05, 4.69) is 15.3 Å². The number of nitriles is 1. The molecule has 2 N–H and O–H groups in total. The molecule has 1 fully saturated rings. The number of hydrogen-bond acceptors (Lipinski definition) is 4. The number of hydrogen-bond donors (Lipinski definition) is 2. The minimum Gasteiger partial charge on any atom is -0.369 e. The predicted molar refractivity (Wildman–Crippen MR) is 106 cm³/mol. The lowest BCUT2D eigenvalue weighted by Gasteiger charge is -2.33. The molecule has 1 aliphatic heterocycles. The molecule has 0 atom stereocenters. The van der Waals surface area contributed by atoms with Gasteiger partial charge in [0.1, 0.15) is 5.82 Å². The minimum absolute atomic E-state index is 0.0725. The van der Waals surface area contributed by atoms with E-state index < -0.39 is 5.82 Å². The first kappa shape index (κ1) is 18.0. The fourth-order valence-corrected chi connectivity index (χ4v) is 3.67. The largest absolute Gasteiger partial charge is 0.369 e. The van der Waals surface area contributed by atoms with Gasteiger partial charge in [0.2, 0.25) is 11.9 Å². The summed E-state index contributed by atoms with van der Waals surface area (Å²) in [6.07, 6.45) is 1.26. The highest BCUT2D eigenvalue weighted by atomic mass is 19.1. The van der Waals surface area contributed by atoms with E-state index in [0.717, 1.165) is 16.6 Å². The van der Waals surface area contributed by atoms with Crippen LogP contribution in [0.1, 0.15) is 24.0 Å². The Kier molecular flexibility index (Phi) is 4.70. The molecule has 0 unspecified atom stereocenters. The van der Waals surface area contributed by atoms with Gasteiger partial charge < -0.3 is 9.88 Å². The molecule has 2 aromatic carbocycles. The number of imidazole rings is 1. The number of H-pyrrole nitrogens is 1. The number of aromatic amines is 1. The van der Waals surface area contributed by atoms with Gasteiger partial charge in [-0.2, -0.15) is 5.26 Å². The Balaban J connectivity index is 1.40. The Labute approximate surface area is 162 Å². The van der Waals surface area contributed by atoms with Crippen LogP contribution in [-0.2, 0) is 4.79 Å². The van der Waals surface area contributed by atoms with Gasteiger partial charge in [-0.1, -0.05) is 12.1 Å². The fourth-order valence-electron chi connectivity index (χ4n) is 3.67. The van der Waals surface area contributed by atoms with Crippen LogP contribution in [0, 0.1) is 30.0 Å². The molecule has 4 rings (SSSR count). The summed E-state index contributed by atoms with van der Waals surface area (Å²) < 4.78 is 14.2. The van der Waals surface area contributed by atoms with Crippen LogP contribution in [0.2, 0.25) is 0 Å². The number of benzene rings is 2. The molecule has 6 nitrogen and oxygen atoms in total. The molecule has 1 saturated heterocycles. The van der Waals surface area contributed by atoms with Gasteiger partial charge >= 0.3 is 0 Å². The van der Waals surface area contributed by atoms with Crippen LogP contribution >= 0.6 is 0 Å². The zero-order valence-electron chi connectivity index (χ0n) is 15.5. The van der Waals surface area contributed by atoms with Crippen molar-refractivity contribution < 1.29 is 9.18 Å². The Morgan fingerprint density at radius 1 is 1.32 bits per heavy atom. The van der Waals surface area contributed by atoms with Gasteiger partial charge in [0.15, 0.2) is 0 Å². The molecule has 0 saturated carbocycles. The molecule has 1 amide bonds. The molecule has 1 aromatic heterocycles. The van der Waals surface area contributed by atoms with Gasteiger partial charge in [-0.05, 0) is 49.6 Å². The number of aromatic nitrogens is 2. The van der Waals surface area contributed by atoms with Crippen LogP contribution in [-0.4, -0.2) is 29.0 Å². The molecule has 0 aliphatic carbocycles. The molecular weight excluding hydrogens is 357 g/mol. The molecule has 7 heteroatoms. The highest BCUT2D eigenvalue weighted by molar-refractivity contribution is 5.93. The molecule has 0 spiro atoms. The Morgan fingerprint density at radius 2 is 2.11 bits per heavy atom. The second kappa shape index (κ2) is 7.31. The number of rotatable bonds is 3. The zero-order valence-corrected chi connectivity index (χ0v) is 15.5. The van der Waals surface area contributed by atoms with Crippen molar-refractivity contribution in [2.75, 3.05) is 23.3 Å². The average molecular weight is 377 g/mol. The summed E-state index contributed by atoms with van der Waals surface area (Å²) in [5.74, 6) is -0.168. The van der Waals surface area contributed by atoms with Gasteiger partial charge in [-0.3, -0.25) is 10.1 Å². The van der Waals surface area contributed by atoms with Crippen LogP contribution in [0.4, 0.5) is 16.0 Å². The molecule has 0 bridgehead atoms. The number of carbonyl (C=O) groups excluding carboxylic acids is 1. The number of carbonyl (C=O) groups is 1. The van der Waals surface area contributed by atoms with Gasteiger partial charge in [0.05, 0.1) is 28.4 Å². The van der Waals surface area contributed by atoms with Crippen LogP contribution in [0.25, 0.3) is 11.0 Å². The van der Waals surface area contributed by atoms with Crippen molar-refractivity contribution >= 4 is 28.6 Å². The second-order valence-corrected chi connectivity index (χ2v) is 7.09. The summed E-state index contributed by atoms with van der Waals surface area (Å²) in [6.45, 7) is 3.15. The molecular formula is C21H20FN5O. The average Bonchev–Trinajstić information content (AvgIpc) is 3.12. The normalized spacial score (nSPS) is 14.8. The number of nitrogens with one attached hydrogen (secondary N) is 2. The third-order valence-corrected chi connectivity index (χ3v) is 5.24. The van der Waals surface area contributed by atoms with Gasteiger partial charge in [-0.15, -0.1) is 0 Å². The van der Waals surface area contributed by atoms with E-state index in [9.17, 15) is 9.18 Å². The van der Waals surface area contributed by atoms with Crippen molar-refractivity contribution in [3.8, 4) is 6.07 Å². The standard InChI is InChI=1S/C21H20FN5O/c1-13-3-2-4-17-19(13)25-21(24-17)26-20(28)15-7-9-27(10-8-15)18-6-5-14(12-23)11-16(18)22/h2-6,11,15H,7-10H2,1H3,(H2,24,25,26,28). The van der Waals surface area contributed by atoms with Crippen LogP contribution in [0.15, 0.2) is 36.4 Å².